The molecule has 0 atom stereocenters. The Hall–Kier alpha value is -6.12. The molecule has 0 unspecified atom stereocenters. The molecule has 0 aliphatic carbocycles. The first-order valence-corrected chi connectivity index (χ1v) is 15.7. The molecule has 0 aliphatic heterocycles. The Bertz CT molecular complexity index is 2520. The van der Waals surface area contributed by atoms with E-state index in [9.17, 15) is 0 Å². The summed E-state index contributed by atoms with van der Waals surface area (Å²) in [5.74, 6) is 0. The van der Waals surface area contributed by atoms with Crippen molar-refractivity contribution in [1.82, 2.24) is 0 Å². The monoisotopic (exact) mass is 587 g/mol. The lowest BCUT2D eigenvalue weighted by Gasteiger charge is -2.26. The van der Waals surface area contributed by atoms with Crippen LogP contribution in [0.4, 0.5) is 17.1 Å². The van der Waals surface area contributed by atoms with Gasteiger partial charge in [0.1, 0.15) is 11.2 Å². The van der Waals surface area contributed by atoms with E-state index in [1.165, 1.54) is 43.8 Å². The minimum absolute atomic E-state index is 0.879. The second-order valence-electron chi connectivity index (χ2n) is 11.8. The van der Waals surface area contributed by atoms with E-state index in [0.717, 1.165) is 39.0 Å². The number of rotatable bonds is 5. The van der Waals surface area contributed by atoms with Crippen molar-refractivity contribution in [2.24, 2.45) is 0 Å². The van der Waals surface area contributed by atoms with Gasteiger partial charge in [-0.25, -0.2) is 0 Å². The van der Waals surface area contributed by atoms with E-state index >= 15 is 0 Å². The van der Waals surface area contributed by atoms with Gasteiger partial charge in [0.05, 0.1) is 0 Å². The Labute approximate surface area is 267 Å². The van der Waals surface area contributed by atoms with Gasteiger partial charge in [-0.1, -0.05) is 121 Å². The molecule has 0 amide bonds. The molecule has 0 radical (unpaired) electrons. The third-order valence-electron chi connectivity index (χ3n) is 9.05. The molecule has 0 saturated heterocycles. The van der Waals surface area contributed by atoms with E-state index in [4.69, 9.17) is 4.42 Å². The van der Waals surface area contributed by atoms with Crippen LogP contribution < -0.4 is 4.90 Å². The number of nitrogens with zero attached hydrogens (tertiary/aromatic N) is 1. The fourth-order valence-corrected chi connectivity index (χ4v) is 6.74. The molecule has 1 heterocycles. The number of hydrogen-bond acceptors (Lipinski definition) is 2. The number of furan rings is 1. The van der Waals surface area contributed by atoms with Crippen LogP contribution >= 0.6 is 0 Å². The molecule has 2 nitrogen and oxygen atoms in total. The molecule has 216 valence electrons. The molecule has 0 spiro atoms. The van der Waals surface area contributed by atoms with Crippen molar-refractivity contribution in [2.45, 2.75) is 0 Å². The second-order valence-corrected chi connectivity index (χ2v) is 11.8. The average molecular weight is 588 g/mol. The maximum atomic E-state index is 6.32. The molecular weight excluding hydrogens is 558 g/mol. The van der Waals surface area contributed by atoms with Crippen LogP contribution in [0.1, 0.15) is 0 Å². The van der Waals surface area contributed by atoms with Crippen LogP contribution in [0.15, 0.2) is 180 Å². The molecule has 8 aromatic carbocycles. The SMILES string of the molecule is c1ccc2cc(-c3ccc(N(c4ccc(-c5cccc6ccccc56)cc4)c4ccc5c(c4)oc4ccccc45)cc3)ccc2c1. The van der Waals surface area contributed by atoms with Crippen LogP contribution in [0.3, 0.4) is 0 Å². The third-order valence-corrected chi connectivity index (χ3v) is 9.05. The molecule has 46 heavy (non-hydrogen) atoms. The van der Waals surface area contributed by atoms with Gasteiger partial charge in [-0.15, -0.1) is 0 Å². The van der Waals surface area contributed by atoms with Crippen LogP contribution in [0.25, 0.3) is 65.7 Å². The minimum Gasteiger partial charge on any atom is -0.456 e. The Morgan fingerprint density at radius 2 is 0.913 bits per heavy atom. The topological polar surface area (TPSA) is 16.4 Å². The predicted molar refractivity (Wildman–Crippen MR) is 194 cm³/mol. The zero-order valence-electron chi connectivity index (χ0n) is 25.1. The highest BCUT2D eigenvalue weighted by atomic mass is 16.3. The lowest BCUT2D eigenvalue weighted by atomic mass is 9.98. The van der Waals surface area contributed by atoms with Crippen molar-refractivity contribution in [3.05, 3.63) is 176 Å². The summed E-state index contributed by atoms with van der Waals surface area (Å²) < 4.78 is 6.32. The third kappa shape index (κ3) is 4.51. The van der Waals surface area contributed by atoms with Crippen molar-refractivity contribution >= 4 is 60.5 Å². The molecule has 0 fully saturated rings. The Morgan fingerprint density at radius 3 is 1.72 bits per heavy atom. The standard InChI is InChI=1S/C44H29NO/c1-2-10-34-28-35(17-16-30(34)8-1)31-18-22-36(23-19-31)45(38-26-27-42-41-13-5-6-15-43(41)46-44(42)29-38)37-24-20-33(21-25-37)40-14-7-11-32-9-3-4-12-39(32)40/h1-29H. The highest BCUT2D eigenvalue weighted by molar-refractivity contribution is 6.06. The Balaban J connectivity index is 1.15. The molecule has 0 bridgehead atoms. The first kappa shape index (κ1) is 26.3. The normalized spacial score (nSPS) is 11.5. The number of para-hydroxylation sites is 1. The van der Waals surface area contributed by atoms with E-state index in [-0.39, 0.29) is 0 Å². The van der Waals surface area contributed by atoms with Crippen molar-refractivity contribution in [3.8, 4) is 22.3 Å². The van der Waals surface area contributed by atoms with E-state index in [0.29, 0.717) is 0 Å². The zero-order chi connectivity index (χ0) is 30.5. The number of fused-ring (bicyclic) bond motifs is 5. The highest BCUT2D eigenvalue weighted by Crippen LogP contribution is 2.40. The maximum absolute atomic E-state index is 6.32. The van der Waals surface area contributed by atoms with Gasteiger partial charge in [0.2, 0.25) is 0 Å². The fraction of sp³-hybridized carbons (Fsp3) is 0. The predicted octanol–water partition coefficient (Wildman–Crippen LogP) is 12.7. The number of hydrogen-bond donors (Lipinski definition) is 0. The summed E-state index contributed by atoms with van der Waals surface area (Å²) >= 11 is 0. The van der Waals surface area contributed by atoms with Crippen molar-refractivity contribution in [1.29, 1.82) is 0 Å². The van der Waals surface area contributed by atoms with Gasteiger partial charge >= 0.3 is 0 Å². The lowest BCUT2D eigenvalue weighted by molar-refractivity contribution is 0.669. The largest absolute Gasteiger partial charge is 0.456 e. The van der Waals surface area contributed by atoms with Gasteiger partial charge < -0.3 is 9.32 Å². The van der Waals surface area contributed by atoms with Gasteiger partial charge in [0, 0.05) is 33.9 Å². The first-order chi connectivity index (χ1) is 22.8. The van der Waals surface area contributed by atoms with Crippen molar-refractivity contribution in [2.75, 3.05) is 4.90 Å². The van der Waals surface area contributed by atoms with Gasteiger partial charge in [-0.2, -0.15) is 0 Å². The zero-order valence-corrected chi connectivity index (χ0v) is 25.1. The first-order valence-electron chi connectivity index (χ1n) is 15.7. The second kappa shape index (κ2) is 10.8. The summed E-state index contributed by atoms with van der Waals surface area (Å²) in [5.41, 5.74) is 9.82. The highest BCUT2D eigenvalue weighted by Gasteiger charge is 2.16. The average Bonchev–Trinajstić information content (AvgIpc) is 3.50. The van der Waals surface area contributed by atoms with Crippen molar-refractivity contribution < 1.29 is 4.42 Å². The smallest absolute Gasteiger partial charge is 0.137 e. The van der Waals surface area contributed by atoms with Gasteiger partial charge in [0.15, 0.2) is 0 Å². The van der Waals surface area contributed by atoms with Crippen molar-refractivity contribution in [3.63, 3.8) is 0 Å². The van der Waals surface area contributed by atoms with E-state index in [2.05, 4.69) is 169 Å². The summed E-state index contributed by atoms with van der Waals surface area (Å²) in [6.07, 6.45) is 0. The summed E-state index contributed by atoms with van der Waals surface area (Å²) in [6.45, 7) is 0. The molecule has 9 rings (SSSR count). The molecule has 0 N–H and O–H groups in total. The quantitative estimate of drug-likeness (QED) is 0.199. The number of anilines is 3. The fourth-order valence-electron chi connectivity index (χ4n) is 6.74. The molecule has 1 aromatic heterocycles. The summed E-state index contributed by atoms with van der Waals surface area (Å²) in [7, 11) is 0. The molecule has 0 aliphatic rings. The van der Waals surface area contributed by atoms with Gasteiger partial charge in [0.25, 0.3) is 0 Å². The summed E-state index contributed by atoms with van der Waals surface area (Å²) in [4.78, 5) is 2.31. The van der Waals surface area contributed by atoms with Crippen LogP contribution in [-0.2, 0) is 0 Å². The van der Waals surface area contributed by atoms with Crippen LogP contribution in [0.2, 0.25) is 0 Å². The Morgan fingerprint density at radius 1 is 0.326 bits per heavy atom. The Kier molecular flexibility index (Phi) is 6.17. The van der Waals surface area contributed by atoms with Crippen LogP contribution in [0.5, 0.6) is 0 Å². The van der Waals surface area contributed by atoms with Gasteiger partial charge in [-0.3, -0.25) is 0 Å². The molecule has 2 heteroatoms. The molecular formula is C44H29NO. The lowest BCUT2D eigenvalue weighted by Crippen LogP contribution is -2.09. The van der Waals surface area contributed by atoms with E-state index in [1.807, 2.05) is 12.1 Å². The van der Waals surface area contributed by atoms with Crippen LogP contribution in [-0.4, -0.2) is 0 Å². The van der Waals surface area contributed by atoms with E-state index in [1.54, 1.807) is 0 Å². The molecule has 9 aromatic rings. The van der Waals surface area contributed by atoms with Gasteiger partial charge in [-0.05, 0) is 92.3 Å². The number of benzene rings is 8. The van der Waals surface area contributed by atoms with E-state index < -0.39 is 0 Å². The minimum atomic E-state index is 0.879. The summed E-state index contributed by atoms with van der Waals surface area (Å²) in [6, 6.07) is 62.8. The maximum Gasteiger partial charge on any atom is 0.137 e. The van der Waals surface area contributed by atoms with Crippen LogP contribution in [0, 0.1) is 0 Å². The summed E-state index contributed by atoms with van der Waals surface area (Å²) in [5, 5.41) is 7.26. The molecule has 0 saturated carbocycles.